The summed E-state index contributed by atoms with van der Waals surface area (Å²) in [7, 11) is -3.88. The Labute approximate surface area is 88.5 Å². The van der Waals surface area contributed by atoms with E-state index in [4.69, 9.17) is 9.88 Å². The highest BCUT2D eigenvalue weighted by molar-refractivity contribution is 7.89. The Morgan fingerprint density at radius 3 is 2.40 bits per heavy atom. The maximum atomic E-state index is 11.0. The summed E-state index contributed by atoms with van der Waals surface area (Å²) >= 11 is 0. The van der Waals surface area contributed by atoms with Crippen LogP contribution in [0.25, 0.3) is 0 Å². The van der Waals surface area contributed by atoms with E-state index in [1.54, 1.807) is 0 Å². The summed E-state index contributed by atoms with van der Waals surface area (Å²) in [6.07, 6.45) is -0.0512. The molecule has 1 aromatic rings. The molecule has 1 rings (SSSR count). The molecule has 0 heterocycles. The smallest absolute Gasteiger partial charge is 0.241 e. The molecule has 1 aromatic carbocycles. The molecule has 6 heteroatoms. The number of ether oxygens (including phenoxy) is 1. The molecule has 0 aromatic heterocycles. The van der Waals surface area contributed by atoms with Crippen molar-refractivity contribution in [2.75, 3.05) is 0 Å². The number of phenolic OH excluding ortho intramolecular Hbond substituents is 1. The minimum Gasteiger partial charge on any atom is -0.506 e. The molecule has 0 saturated carbocycles. The number of hydrogen-bond donors (Lipinski definition) is 2. The topological polar surface area (TPSA) is 89.6 Å². The molecule has 0 spiro atoms. The van der Waals surface area contributed by atoms with Crippen molar-refractivity contribution in [3.8, 4) is 11.5 Å². The number of phenols is 1. The number of hydrogen-bond acceptors (Lipinski definition) is 4. The van der Waals surface area contributed by atoms with Crippen LogP contribution >= 0.6 is 0 Å². The van der Waals surface area contributed by atoms with E-state index in [2.05, 4.69) is 0 Å². The standard InChI is InChI=1S/C9H13NO4S/c1-6(2)14-7-3-4-9(8(11)5-7)15(10,12)13/h3-6,11H,1-2H3,(H2,10,12,13). The van der Waals surface area contributed by atoms with Gasteiger partial charge < -0.3 is 9.84 Å². The van der Waals surface area contributed by atoms with Gasteiger partial charge in [0.2, 0.25) is 10.0 Å². The van der Waals surface area contributed by atoms with Gasteiger partial charge in [0.15, 0.2) is 0 Å². The fourth-order valence-electron chi connectivity index (χ4n) is 1.08. The summed E-state index contributed by atoms with van der Waals surface area (Å²) in [5.74, 6) is -0.00875. The van der Waals surface area contributed by atoms with E-state index in [0.29, 0.717) is 5.75 Å². The van der Waals surface area contributed by atoms with Crippen LogP contribution in [0.4, 0.5) is 0 Å². The lowest BCUT2D eigenvalue weighted by Crippen LogP contribution is -2.12. The number of sulfonamides is 1. The number of benzene rings is 1. The Kier molecular flexibility index (Phi) is 3.21. The van der Waals surface area contributed by atoms with Crippen molar-refractivity contribution in [2.24, 2.45) is 5.14 Å². The second kappa shape index (κ2) is 4.08. The molecule has 0 fully saturated rings. The van der Waals surface area contributed by atoms with Crippen molar-refractivity contribution in [3.05, 3.63) is 18.2 Å². The molecule has 3 N–H and O–H groups in total. The summed E-state index contributed by atoms with van der Waals surface area (Å²) in [5, 5.41) is 14.3. The average molecular weight is 231 g/mol. The van der Waals surface area contributed by atoms with E-state index >= 15 is 0 Å². The largest absolute Gasteiger partial charge is 0.506 e. The van der Waals surface area contributed by atoms with Crippen LogP contribution in [0, 0.1) is 0 Å². The van der Waals surface area contributed by atoms with Gasteiger partial charge in [-0.25, -0.2) is 13.6 Å². The first kappa shape index (κ1) is 11.8. The summed E-state index contributed by atoms with van der Waals surface area (Å²) in [4.78, 5) is -0.307. The normalized spacial score (nSPS) is 11.7. The Balaban J connectivity index is 3.09. The van der Waals surface area contributed by atoms with E-state index in [0.717, 1.165) is 0 Å². The molecule has 0 atom stereocenters. The van der Waals surface area contributed by atoms with Crippen LogP contribution in [0.3, 0.4) is 0 Å². The molecule has 5 nitrogen and oxygen atoms in total. The van der Waals surface area contributed by atoms with Crippen LogP contribution < -0.4 is 9.88 Å². The third-order valence-electron chi connectivity index (χ3n) is 1.61. The highest BCUT2D eigenvalue weighted by atomic mass is 32.2. The first-order chi connectivity index (χ1) is 6.80. The monoisotopic (exact) mass is 231 g/mol. The summed E-state index contributed by atoms with van der Waals surface area (Å²) < 4.78 is 27.2. The predicted molar refractivity (Wildman–Crippen MR) is 55.2 cm³/mol. The summed E-state index contributed by atoms with van der Waals surface area (Å²) in [6.45, 7) is 3.65. The van der Waals surface area contributed by atoms with E-state index in [1.165, 1.54) is 18.2 Å². The van der Waals surface area contributed by atoms with Crippen LogP contribution in [0.2, 0.25) is 0 Å². The molecule has 0 aliphatic heterocycles. The van der Waals surface area contributed by atoms with Crippen molar-refractivity contribution in [3.63, 3.8) is 0 Å². The quantitative estimate of drug-likeness (QED) is 0.806. The van der Waals surface area contributed by atoms with Crippen LogP contribution in [0.1, 0.15) is 13.8 Å². The van der Waals surface area contributed by atoms with E-state index < -0.39 is 15.8 Å². The zero-order chi connectivity index (χ0) is 11.6. The van der Waals surface area contributed by atoms with Gasteiger partial charge in [-0.1, -0.05) is 0 Å². The molecule has 84 valence electrons. The average Bonchev–Trinajstić information content (AvgIpc) is 1.99. The summed E-state index contributed by atoms with van der Waals surface area (Å²) in [6, 6.07) is 3.88. The lowest BCUT2D eigenvalue weighted by atomic mass is 10.3. The molecule has 0 saturated heterocycles. The Morgan fingerprint density at radius 2 is 2.00 bits per heavy atom. The van der Waals surface area contributed by atoms with Gasteiger partial charge in [-0.05, 0) is 26.0 Å². The fourth-order valence-corrected chi connectivity index (χ4v) is 1.69. The number of aromatic hydroxyl groups is 1. The van der Waals surface area contributed by atoms with E-state index in [9.17, 15) is 13.5 Å². The minimum absolute atomic E-state index is 0.0512. The lowest BCUT2D eigenvalue weighted by molar-refractivity contribution is 0.241. The van der Waals surface area contributed by atoms with Gasteiger partial charge in [0.05, 0.1) is 6.10 Å². The Bertz CT molecular complexity index is 453. The Morgan fingerprint density at radius 1 is 1.40 bits per heavy atom. The van der Waals surface area contributed by atoms with Crippen molar-refractivity contribution in [1.29, 1.82) is 0 Å². The number of nitrogens with two attached hydrogens (primary N) is 1. The maximum absolute atomic E-state index is 11.0. The van der Waals surface area contributed by atoms with Gasteiger partial charge in [0, 0.05) is 6.07 Å². The molecule has 15 heavy (non-hydrogen) atoms. The predicted octanol–water partition coefficient (Wildman–Crippen LogP) is 0.827. The second-order valence-corrected chi connectivity index (χ2v) is 4.87. The van der Waals surface area contributed by atoms with Crippen molar-refractivity contribution < 1.29 is 18.3 Å². The fraction of sp³-hybridized carbons (Fsp3) is 0.333. The molecular weight excluding hydrogens is 218 g/mol. The molecule has 0 aliphatic carbocycles. The van der Waals surface area contributed by atoms with Crippen molar-refractivity contribution in [1.82, 2.24) is 0 Å². The highest BCUT2D eigenvalue weighted by Gasteiger charge is 2.14. The molecule has 0 amide bonds. The first-order valence-corrected chi connectivity index (χ1v) is 5.88. The Hall–Kier alpha value is -1.27. The van der Waals surface area contributed by atoms with E-state index in [-0.39, 0.29) is 11.0 Å². The van der Waals surface area contributed by atoms with E-state index in [1.807, 2.05) is 13.8 Å². The van der Waals surface area contributed by atoms with Crippen LogP contribution in [-0.2, 0) is 10.0 Å². The van der Waals surface area contributed by atoms with Gasteiger partial charge in [-0.15, -0.1) is 0 Å². The van der Waals surface area contributed by atoms with Crippen molar-refractivity contribution in [2.45, 2.75) is 24.8 Å². The maximum Gasteiger partial charge on any atom is 0.241 e. The third-order valence-corrected chi connectivity index (χ3v) is 2.57. The van der Waals surface area contributed by atoms with Crippen LogP contribution in [0.5, 0.6) is 11.5 Å². The minimum atomic E-state index is -3.88. The molecule has 0 bridgehead atoms. The van der Waals surface area contributed by atoms with Gasteiger partial charge in [-0.3, -0.25) is 0 Å². The number of primary sulfonamides is 1. The number of rotatable bonds is 3. The SMILES string of the molecule is CC(C)Oc1ccc(S(N)(=O)=O)c(O)c1. The van der Waals surface area contributed by atoms with Crippen LogP contribution in [-0.4, -0.2) is 19.6 Å². The third kappa shape index (κ3) is 3.10. The lowest BCUT2D eigenvalue weighted by Gasteiger charge is -2.10. The molecular formula is C9H13NO4S. The highest BCUT2D eigenvalue weighted by Crippen LogP contribution is 2.26. The summed E-state index contributed by atoms with van der Waals surface area (Å²) in [5.41, 5.74) is 0. The van der Waals surface area contributed by atoms with Gasteiger partial charge in [0.25, 0.3) is 0 Å². The van der Waals surface area contributed by atoms with Crippen LogP contribution in [0.15, 0.2) is 23.1 Å². The second-order valence-electron chi connectivity index (χ2n) is 3.34. The van der Waals surface area contributed by atoms with Gasteiger partial charge >= 0.3 is 0 Å². The molecule has 0 radical (unpaired) electrons. The zero-order valence-electron chi connectivity index (χ0n) is 8.47. The van der Waals surface area contributed by atoms with Crippen molar-refractivity contribution >= 4 is 10.0 Å². The zero-order valence-corrected chi connectivity index (χ0v) is 9.28. The van der Waals surface area contributed by atoms with Gasteiger partial charge in [0.1, 0.15) is 16.4 Å². The first-order valence-electron chi connectivity index (χ1n) is 4.33. The van der Waals surface area contributed by atoms with Gasteiger partial charge in [-0.2, -0.15) is 0 Å². The molecule has 0 unspecified atom stereocenters. The molecule has 0 aliphatic rings.